The average molecular weight is 459 g/mol. The van der Waals surface area contributed by atoms with Crippen molar-refractivity contribution in [1.82, 2.24) is 4.90 Å². The molecule has 0 fully saturated rings. The van der Waals surface area contributed by atoms with Crippen LogP contribution in [0.25, 0.3) is 5.57 Å². The highest BCUT2D eigenvalue weighted by Gasteiger charge is 2.39. The van der Waals surface area contributed by atoms with Gasteiger partial charge in [0.15, 0.2) is 0 Å². The lowest BCUT2D eigenvalue weighted by molar-refractivity contribution is -0.137. The summed E-state index contributed by atoms with van der Waals surface area (Å²) in [6.07, 6.45) is 0. The SMILES string of the molecule is Cc1ccc(C2=C(Nc3ccc(C(C)C)cc3)C(=O)N(Cc3ccc(Cl)cc3)C2=O)cc1C. The molecule has 2 amide bonds. The Morgan fingerprint density at radius 3 is 2.12 bits per heavy atom. The van der Waals surface area contributed by atoms with Crippen molar-refractivity contribution in [3.8, 4) is 0 Å². The maximum absolute atomic E-state index is 13.5. The van der Waals surface area contributed by atoms with Gasteiger partial charge in [-0.15, -0.1) is 0 Å². The van der Waals surface area contributed by atoms with Crippen LogP contribution in [0.3, 0.4) is 0 Å². The number of amides is 2. The van der Waals surface area contributed by atoms with E-state index in [1.807, 2.05) is 68.4 Å². The summed E-state index contributed by atoms with van der Waals surface area (Å²) in [6.45, 7) is 8.48. The maximum Gasteiger partial charge on any atom is 0.278 e. The van der Waals surface area contributed by atoms with Crippen molar-refractivity contribution in [2.24, 2.45) is 0 Å². The number of hydrogen-bond donors (Lipinski definition) is 1. The minimum Gasteiger partial charge on any atom is -0.350 e. The monoisotopic (exact) mass is 458 g/mol. The Balaban J connectivity index is 1.73. The van der Waals surface area contributed by atoms with E-state index in [-0.39, 0.29) is 18.4 Å². The van der Waals surface area contributed by atoms with Crippen LogP contribution in [0, 0.1) is 13.8 Å². The quantitative estimate of drug-likeness (QED) is 0.430. The highest BCUT2D eigenvalue weighted by atomic mass is 35.5. The number of imide groups is 1. The lowest BCUT2D eigenvalue weighted by Gasteiger charge is -2.16. The van der Waals surface area contributed by atoms with Gasteiger partial charge in [-0.3, -0.25) is 14.5 Å². The first-order valence-electron chi connectivity index (χ1n) is 11.0. The summed E-state index contributed by atoms with van der Waals surface area (Å²) >= 11 is 5.99. The van der Waals surface area contributed by atoms with Crippen molar-refractivity contribution in [2.45, 2.75) is 40.2 Å². The average Bonchev–Trinajstić information content (AvgIpc) is 3.02. The molecule has 3 aromatic carbocycles. The second-order valence-corrected chi connectivity index (χ2v) is 9.21. The zero-order valence-corrected chi connectivity index (χ0v) is 20.0. The number of hydrogen-bond acceptors (Lipinski definition) is 3. The molecule has 0 saturated heterocycles. The van der Waals surface area contributed by atoms with Crippen molar-refractivity contribution >= 4 is 34.7 Å². The van der Waals surface area contributed by atoms with E-state index in [0.29, 0.717) is 22.2 Å². The predicted octanol–water partition coefficient (Wildman–Crippen LogP) is 6.47. The molecular formula is C28H27ClN2O2. The third kappa shape index (κ3) is 4.71. The molecule has 0 bridgehead atoms. The summed E-state index contributed by atoms with van der Waals surface area (Å²) in [6, 6.07) is 21.0. The zero-order chi connectivity index (χ0) is 23.7. The van der Waals surface area contributed by atoms with E-state index in [2.05, 4.69) is 19.2 Å². The van der Waals surface area contributed by atoms with Gasteiger partial charge in [0.1, 0.15) is 5.70 Å². The molecule has 3 aromatic rings. The molecule has 0 aromatic heterocycles. The molecule has 0 saturated carbocycles. The van der Waals surface area contributed by atoms with Gasteiger partial charge in [-0.25, -0.2) is 0 Å². The minimum atomic E-state index is -0.337. The molecule has 168 valence electrons. The normalized spacial score (nSPS) is 13.9. The molecule has 0 atom stereocenters. The lowest BCUT2D eigenvalue weighted by Crippen LogP contribution is -2.32. The molecule has 0 aliphatic carbocycles. The third-order valence-electron chi connectivity index (χ3n) is 6.06. The zero-order valence-electron chi connectivity index (χ0n) is 19.3. The predicted molar refractivity (Wildman–Crippen MR) is 134 cm³/mol. The van der Waals surface area contributed by atoms with E-state index in [1.165, 1.54) is 10.5 Å². The molecule has 4 nitrogen and oxygen atoms in total. The van der Waals surface area contributed by atoms with Gasteiger partial charge in [-0.2, -0.15) is 0 Å². The highest BCUT2D eigenvalue weighted by molar-refractivity contribution is 6.36. The van der Waals surface area contributed by atoms with Gasteiger partial charge in [-0.05, 0) is 71.8 Å². The first-order chi connectivity index (χ1) is 15.7. The second-order valence-electron chi connectivity index (χ2n) is 8.77. The van der Waals surface area contributed by atoms with Gasteiger partial charge in [0.25, 0.3) is 11.8 Å². The molecule has 33 heavy (non-hydrogen) atoms. The largest absolute Gasteiger partial charge is 0.350 e. The number of carbonyl (C=O) groups excluding carboxylic acids is 2. The van der Waals surface area contributed by atoms with Crippen LogP contribution in [-0.4, -0.2) is 16.7 Å². The van der Waals surface area contributed by atoms with E-state index < -0.39 is 0 Å². The van der Waals surface area contributed by atoms with Crippen LogP contribution < -0.4 is 5.32 Å². The van der Waals surface area contributed by atoms with E-state index >= 15 is 0 Å². The van der Waals surface area contributed by atoms with Gasteiger partial charge in [0.2, 0.25) is 0 Å². The Morgan fingerprint density at radius 1 is 0.848 bits per heavy atom. The number of aryl methyl sites for hydroxylation is 2. The number of benzene rings is 3. The molecule has 1 aliphatic rings. The smallest absolute Gasteiger partial charge is 0.278 e. The molecule has 1 aliphatic heterocycles. The fourth-order valence-electron chi connectivity index (χ4n) is 3.87. The number of halogens is 1. The van der Waals surface area contributed by atoms with Crippen LogP contribution in [0.5, 0.6) is 0 Å². The number of nitrogens with zero attached hydrogens (tertiary/aromatic N) is 1. The van der Waals surface area contributed by atoms with Crippen molar-refractivity contribution < 1.29 is 9.59 Å². The van der Waals surface area contributed by atoms with Gasteiger partial charge < -0.3 is 5.32 Å². The standard InChI is InChI=1S/C28H27ClN2O2/c1-17(2)21-9-13-24(14-10-21)30-26-25(22-8-5-18(3)19(4)15-22)27(32)31(28(26)33)16-20-6-11-23(29)12-7-20/h5-15,17,30H,16H2,1-4H3. The fraction of sp³-hybridized carbons (Fsp3) is 0.214. The summed E-state index contributed by atoms with van der Waals surface area (Å²) in [5.41, 5.74) is 6.44. The molecule has 1 heterocycles. The molecule has 1 N–H and O–H groups in total. The van der Waals surface area contributed by atoms with Crippen LogP contribution in [0.1, 0.15) is 47.6 Å². The molecule has 0 radical (unpaired) electrons. The van der Waals surface area contributed by atoms with E-state index in [1.54, 1.807) is 12.1 Å². The molecule has 5 heteroatoms. The van der Waals surface area contributed by atoms with Crippen molar-refractivity contribution in [3.05, 3.63) is 105 Å². The topological polar surface area (TPSA) is 49.4 Å². The summed E-state index contributed by atoms with van der Waals surface area (Å²) < 4.78 is 0. The number of nitrogens with one attached hydrogen (secondary N) is 1. The number of anilines is 1. The highest BCUT2D eigenvalue weighted by Crippen LogP contribution is 2.33. The van der Waals surface area contributed by atoms with Crippen LogP contribution in [0.15, 0.2) is 72.4 Å². The third-order valence-corrected chi connectivity index (χ3v) is 6.32. The molecule has 0 spiro atoms. The summed E-state index contributed by atoms with van der Waals surface area (Å²) in [5.74, 6) is -0.232. The van der Waals surface area contributed by atoms with Gasteiger partial charge >= 0.3 is 0 Å². The first-order valence-corrected chi connectivity index (χ1v) is 11.4. The van der Waals surface area contributed by atoms with Gasteiger partial charge in [0.05, 0.1) is 12.1 Å². The summed E-state index contributed by atoms with van der Waals surface area (Å²) in [7, 11) is 0. The molecule has 4 rings (SSSR count). The minimum absolute atomic E-state index is 0.181. The Hall–Kier alpha value is -3.37. The Morgan fingerprint density at radius 2 is 1.52 bits per heavy atom. The van der Waals surface area contributed by atoms with Crippen molar-refractivity contribution in [3.63, 3.8) is 0 Å². The number of rotatable bonds is 6. The van der Waals surface area contributed by atoms with Crippen LogP contribution >= 0.6 is 11.6 Å². The summed E-state index contributed by atoms with van der Waals surface area (Å²) in [4.78, 5) is 28.3. The molecular weight excluding hydrogens is 432 g/mol. The van der Waals surface area contributed by atoms with Crippen molar-refractivity contribution in [1.29, 1.82) is 0 Å². The Labute approximate surface area is 199 Å². The second kappa shape index (κ2) is 9.24. The lowest BCUT2D eigenvalue weighted by atomic mass is 9.99. The van der Waals surface area contributed by atoms with Crippen LogP contribution in [-0.2, 0) is 16.1 Å². The van der Waals surface area contributed by atoms with Crippen LogP contribution in [0.4, 0.5) is 5.69 Å². The first kappa shape index (κ1) is 22.8. The van der Waals surface area contributed by atoms with Crippen LogP contribution in [0.2, 0.25) is 5.02 Å². The summed E-state index contributed by atoms with van der Waals surface area (Å²) in [5, 5.41) is 3.85. The fourth-order valence-corrected chi connectivity index (χ4v) is 3.99. The molecule has 0 unspecified atom stereocenters. The Kier molecular flexibility index (Phi) is 6.39. The Bertz CT molecular complexity index is 1240. The van der Waals surface area contributed by atoms with Gasteiger partial charge in [-0.1, -0.05) is 67.9 Å². The van der Waals surface area contributed by atoms with E-state index in [0.717, 1.165) is 27.9 Å². The maximum atomic E-state index is 13.5. The van der Waals surface area contributed by atoms with E-state index in [4.69, 9.17) is 11.6 Å². The number of carbonyl (C=O) groups is 2. The van der Waals surface area contributed by atoms with E-state index in [9.17, 15) is 9.59 Å². The van der Waals surface area contributed by atoms with Crippen molar-refractivity contribution in [2.75, 3.05) is 5.32 Å². The van der Waals surface area contributed by atoms with Gasteiger partial charge in [0, 0.05) is 10.7 Å².